The zero-order chi connectivity index (χ0) is 10.3. The van der Waals surface area contributed by atoms with E-state index in [1.807, 2.05) is 0 Å². The maximum Gasteiger partial charge on any atom is 0.0963 e. The van der Waals surface area contributed by atoms with Gasteiger partial charge in [-0.1, -0.05) is 6.42 Å². The lowest BCUT2D eigenvalue weighted by Crippen LogP contribution is -2.32. The van der Waals surface area contributed by atoms with Crippen LogP contribution in [-0.2, 0) is 4.74 Å². The Hall–Kier alpha value is -0.570. The van der Waals surface area contributed by atoms with Crippen molar-refractivity contribution >= 4 is 5.84 Å². The smallest absolute Gasteiger partial charge is 0.0963 e. The monoisotopic (exact) mass is 210 g/mol. The zero-order valence-electron chi connectivity index (χ0n) is 9.50. The predicted octanol–water partition coefficient (Wildman–Crippen LogP) is 1.98. The Labute approximate surface area is 92.3 Å². The molecule has 1 N–H and O–H groups in total. The minimum absolute atomic E-state index is 0.796. The second-order valence-corrected chi connectivity index (χ2v) is 4.58. The molecule has 0 atom stereocenters. The van der Waals surface area contributed by atoms with Crippen molar-refractivity contribution in [2.75, 3.05) is 26.3 Å². The van der Waals surface area contributed by atoms with Crippen LogP contribution in [0.1, 0.15) is 38.5 Å². The van der Waals surface area contributed by atoms with Crippen LogP contribution in [-0.4, -0.2) is 32.1 Å². The quantitative estimate of drug-likeness (QED) is 0.756. The Morgan fingerprint density at radius 3 is 2.93 bits per heavy atom. The van der Waals surface area contributed by atoms with Crippen LogP contribution in [0.2, 0.25) is 0 Å². The van der Waals surface area contributed by atoms with Gasteiger partial charge in [0, 0.05) is 32.7 Å². The molecule has 86 valence electrons. The molecule has 0 aromatic heterocycles. The number of amidine groups is 1. The molecular formula is C12H22N2O. The summed E-state index contributed by atoms with van der Waals surface area (Å²) in [6.07, 6.45) is 7.48. The lowest BCUT2D eigenvalue weighted by Gasteiger charge is -2.22. The standard InChI is InChI=1S/C12H22N2O/c1-2-4-12(13-7-3-1)14-10-11-5-8-15-9-6-11/h11H,1-10H2,(H,13,14). The summed E-state index contributed by atoms with van der Waals surface area (Å²) in [7, 11) is 0. The third-order valence-corrected chi connectivity index (χ3v) is 3.31. The molecule has 2 aliphatic rings. The van der Waals surface area contributed by atoms with Crippen LogP contribution in [0.4, 0.5) is 0 Å². The average molecular weight is 210 g/mol. The first-order chi connectivity index (χ1) is 7.45. The second-order valence-electron chi connectivity index (χ2n) is 4.58. The number of hydrogen-bond donors (Lipinski definition) is 1. The highest BCUT2D eigenvalue weighted by atomic mass is 16.5. The van der Waals surface area contributed by atoms with Crippen LogP contribution in [0.15, 0.2) is 4.99 Å². The number of rotatable bonds is 2. The molecule has 0 saturated carbocycles. The summed E-state index contributed by atoms with van der Waals surface area (Å²) in [6.45, 7) is 4.01. The maximum atomic E-state index is 5.35. The lowest BCUT2D eigenvalue weighted by atomic mass is 10.0. The molecule has 0 aromatic carbocycles. The fourth-order valence-corrected chi connectivity index (χ4v) is 2.23. The largest absolute Gasteiger partial charge is 0.381 e. The van der Waals surface area contributed by atoms with Crippen molar-refractivity contribution in [1.82, 2.24) is 5.32 Å². The summed E-state index contributed by atoms with van der Waals surface area (Å²) in [5, 5.41) is 3.53. The van der Waals surface area contributed by atoms with E-state index in [2.05, 4.69) is 10.3 Å². The van der Waals surface area contributed by atoms with Crippen LogP contribution < -0.4 is 5.32 Å². The van der Waals surface area contributed by atoms with Crippen molar-refractivity contribution < 1.29 is 4.74 Å². The number of ether oxygens (including phenoxy) is 1. The summed E-state index contributed by atoms with van der Waals surface area (Å²) >= 11 is 0. The van der Waals surface area contributed by atoms with E-state index in [1.165, 1.54) is 37.9 Å². The van der Waals surface area contributed by atoms with E-state index < -0.39 is 0 Å². The van der Waals surface area contributed by atoms with E-state index in [1.54, 1.807) is 0 Å². The Bertz CT molecular complexity index is 210. The fraction of sp³-hybridized carbons (Fsp3) is 0.917. The lowest BCUT2D eigenvalue weighted by molar-refractivity contribution is 0.0675. The summed E-state index contributed by atoms with van der Waals surface area (Å²) in [6, 6.07) is 0. The molecule has 0 unspecified atom stereocenters. The van der Waals surface area contributed by atoms with Gasteiger partial charge >= 0.3 is 0 Å². The van der Waals surface area contributed by atoms with Crippen molar-refractivity contribution in [3.05, 3.63) is 0 Å². The molecule has 15 heavy (non-hydrogen) atoms. The van der Waals surface area contributed by atoms with Crippen molar-refractivity contribution in [3.63, 3.8) is 0 Å². The SMILES string of the molecule is C1CCN=C(NCC2CCOCC2)CC1. The van der Waals surface area contributed by atoms with Gasteiger partial charge in [0.15, 0.2) is 0 Å². The van der Waals surface area contributed by atoms with Gasteiger partial charge in [0.25, 0.3) is 0 Å². The van der Waals surface area contributed by atoms with Gasteiger partial charge in [-0.05, 0) is 31.6 Å². The third-order valence-electron chi connectivity index (χ3n) is 3.31. The van der Waals surface area contributed by atoms with Gasteiger partial charge < -0.3 is 10.1 Å². The topological polar surface area (TPSA) is 33.6 Å². The first-order valence-electron chi connectivity index (χ1n) is 6.30. The highest BCUT2D eigenvalue weighted by Crippen LogP contribution is 2.14. The molecule has 2 rings (SSSR count). The van der Waals surface area contributed by atoms with Gasteiger partial charge in [0.1, 0.15) is 0 Å². The molecule has 0 bridgehead atoms. The molecule has 3 nitrogen and oxygen atoms in total. The number of hydrogen-bond acceptors (Lipinski definition) is 3. The van der Waals surface area contributed by atoms with Gasteiger partial charge in [0.2, 0.25) is 0 Å². The first-order valence-corrected chi connectivity index (χ1v) is 6.30. The number of nitrogens with zero attached hydrogens (tertiary/aromatic N) is 1. The number of nitrogens with one attached hydrogen (secondary N) is 1. The van der Waals surface area contributed by atoms with E-state index in [4.69, 9.17) is 4.74 Å². The highest BCUT2D eigenvalue weighted by Gasteiger charge is 2.14. The highest BCUT2D eigenvalue weighted by molar-refractivity contribution is 5.82. The van der Waals surface area contributed by atoms with Gasteiger partial charge in [-0.3, -0.25) is 4.99 Å². The summed E-state index contributed by atoms with van der Waals surface area (Å²) < 4.78 is 5.35. The van der Waals surface area contributed by atoms with E-state index in [9.17, 15) is 0 Å². The molecule has 3 heteroatoms. The first kappa shape index (κ1) is 10.9. The van der Waals surface area contributed by atoms with E-state index >= 15 is 0 Å². The Kier molecular flexibility index (Phi) is 4.45. The molecule has 2 aliphatic heterocycles. The molecular weight excluding hydrogens is 188 g/mol. The van der Waals surface area contributed by atoms with Crippen LogP contribution >= 0.6 is 0 Å². The normalized spacial score (nSPS) is 24.4. The minimum atomic E-state index is 0.796. The molecule has 0 aromatic rings. The van der Waals surface area contributed by atoms with Crippen molar-refractivity contribution in [2.24, 2.45) is 10.9 Å². The summed E-state index contributed by atoms with van der Waals surface area (Å²) in [5.41, 5.74) is 0. The minimum Gasteiger partial charge on any atom is -0.381 e. The van der Waals surface area contributed by atoms with Gasteiger partial charge in [0.05, 0.1) is 5.84 Å². The van der Waals surface area contributed by atoms with Gasteiger partial charge in [-0.15, -0.1) is 0 Å². The van der Waals surface area contributed by atoms with Crippen molar-refractivity contribution in [3.8, 4) is 0 Å². The zero-order valence-corrected chi connectivity index (χ0v) is 9.50. The Morgan fingerprint density at radius 2 is 2.07 bits per heavy atom. The van der Waals surface area contributed by atoms with E-state index in [0.717, 1.165) is 38.6 Å². The van der Waals surface area contributed by atoms with Crippen LogP contribution in [0.5, 0.6) is 0 Å². The molecule has 1 fully saturated rings. The maximum absolute atomic E-state index is 5.35. The van der Waals surface area contributed by atoms with E-state index in [-0.39, 0.29) is 0 Å². The molecule has 1 saturated heterocycles. The third kappa shape index (κ3) is 3.82. The molecule has 0 aliphatic carbocycles. The van der Waals surface area contributed by atoms with Crippen molar-refractivity contribution in [1.29, 1.82) is 0 Å². The molecule has 0 spiro atoms. The molecule has 2 heterocycles. The Morgan fingerprint density at radius 1 is 1.20 bits per heavy atom. The average Bonchev–Trinajstić information content (AvgIpc) is 2.56. The Balaban J connectivity index is 1.69. The van der Waals surface area contributed by atoms with Crippen LogP contribution in [0.3, 0.4) is 0 Å². The summed E-state index contributed by atoms with van der Waals surface area (Å²) in [5.74, 6) is 2.05. The summed E-state index contributed by atoms with van der Waals surface area (Å²) in [4.78, 5) is 4.58. The predicted molar refractivity (Wildman–Crippen MR) is 62.3 cm³/mol. The molecule has 0 radical (unpaired) electrons. The fourth-order valence-electron chi connectivity index (χ4n) is 2.23. The van der Waals surface area contributed by atoms with Crippen LogP contribution in [0, 0.1) is 5.92 Å². The molecule has 0 amide bonds. The van der Waals surface area contributed by atoms with Gasteiger partial charge in [-0.25, -0.2) is 0 Å². The second kappa shape index (κ2) is 6.11. The van der Waals surface area contributed by atoms with E-state index in [0.29, 0.717) is 0 Å². The number of aliphatic imine (C=N–C) groups is 1. The van der Waals surface area contributed by atoms with Gasteiger partial charge in [-0.2, -0.15) is 0 Å². The van der Waals surface area contributed by atoms with Crippen molar-refractivity contribution in [2.45, 2.75) is 38.5 Å². The van der Waals surface area contributed by atoms with Crippen LogP contribution in [0.25, 0.3) is 0 Å².